The number of benzene rings is 3. The second-order valence-corrected chi connectivity index (χ2v) is 18.8. The topological polar surface area (TPSA) is 164 Å². The number of aromatic nitrogens is 8. The van der Waals surface area contributed by atoms with E-state index in [0.717, 1.165) is 33.7 Å². The van der Waals surface area contributed by atoms with Crippen molar-refractivity contribution in [3.63, 3.8) is 0 Å². The van der Waals surface area contributed by atoms with Crippen molar-refractivity contribution in [2.75, 3.05) is 11.0 Å². The highest BCUT2D eigenvalue weighted by Gasteiger charge is 2.67. The fourth-order valence-corrected chi connectivity index (χ4v) is 9.53. The number of anilines is 1. The molecule has 0 saturated heterocycles. The monoisotopic (exact) mass is 998 g/mol. The average Bonchev–Trinajstić information content (AvgIpc) is 3.42. The quantitative estimate of drug-likeness (QED) is 0.0971. The molecule has 0 bridgehead atoms. The summed E-state index contributed by atoms with van der Waals surface area (Å²) in [5.41, 5.74) is -3.93. The number of alkyl halides is 8. The van der Waals surface area contributed by atoms with Gasteiger partial charge in [0.2, 0.25) is 15.9 Å². The van der Waals surface area contributed by atoms with E-state index in [2.05, 4.69) is 25.3 Å². The van der Waals surface area contributed by atoms with Gasteiger partial charge in [0, 0.05) is 42.7 Å². The number of nitrogens with zero attached hydrogens (tertiary/aromatic N) is 8. The number of carbonyl (C=O) groups is 1. The molecule has 358 valence electrons. The van der Waals surface area contributed by atoms with E-state index < -0.39 is 125 Å². The van der Waals surface area contributed by atoms with Crippen molar-refractivity contribution in [2.45, 2.75) is 76.1 Å². The standard InChI is InChI=1S/C42H33ClF10N10O4S/c1-41(50,51)17-60-8-7-26(56-60)19-3-4-22-27(12-19)55-39(63(40(22)65)29-6-5-25(43)33-35(29)61(15-30(46)47)58-38(33)59-68(2,66)67)28(11-18-9-20(44)13-21(45)10-18)54-31(64)16-62-36-32(34(57-62)37(48)49)23-14-24(23)42(36,52)53/h3-10,12-13,23-24,28,30,37H,11,14-17H2,1-2H3,(H,54,64)(H,58,59)/t23-,24+,28-/m0/s1. The van der Waals surface area contributed by atoms with Gasteiger partial charge in [-0.2, -0.15) is 24.1 Å². The lowest BCUT2D eigenvalue weighted by molar-refractivity contribution is -0.123. The van der Waals surface area contributed by atoms with E-state index in [0.29, 0.717) is 22.4 Å². The summed E-state index contributed by atoms with van der Waals surface area (Å²) in [7, 11) is -4.17. The third kappa shape index (κ3) is 8.76. The Morgan fingerprint density at radius 3 is 2.37 bits per heavy atom. The normalized spacial score (nSPS) is 17.0. The van der Waals surface area contributed by atoms with E-state index in [1.54, 1.807) is 0 Å². The average molecular weight is 999 g/mol. The SMILES string of the molecule is CC(F)(F)Cn1ccc(-c2ccc3c(=O)n(-c4ccc(Cl)c5c(NS(C)(=O)=O)nn(CC(F)F)c45)c([C@H](Cc4cc(F)cc(F)c4)NC(=O)Cn4nc(C(F)F)c5c4C(F)(F)[C@@H]4C[C@H]54)nc3c2)n1. The van der Waals surface area contributed by atoms with Crippen LogP contribution in [0.5, 0.6) is 0 Å². The van der Waals surface area contributed by atoms with Crippen molar-refractivity contribution < 1.29 is 57.1 Å². The van der Waals surface area contributed by atoms with Crippen LogP contribution < -0.4 is 15.6 Å². The van der Waals surface area contributed by atoms with Gasteiger partial charge in [0.1, 0.15) is 48.5 Å². The summed E-state index contributed by atoms with van der Waals surface area (Å²) >= 11 is 6.56. The van der Waals surface area contributed by atoms with Crippen molar-refractivity contribution in [1.29, 1.82) is 0 Å². The van der Waals surface area contributed by atoms with Crippen LogP contribution in [0.1, 0.15) is 60.1 Å². The Balaban J connectivity index is 1.27. The Morgan fingerprint density at radius 2 is 1.71 bits per heavy atom. The van der Waals surface area contributed by atoms with Crippen molar-refractivity contribution in [3.05, 3.63) is 116 Å². The maximum atomic E-state index is 15.6. The van der Waals surface area contributed by atoms with Gasteiger partial charge < -0.3 is 5.32 Å². The van der Waals surface area contributed by atoms with Crippen LogP contribution in [0.2, 0.25) is 5.02 Å². The van der Waals surface area contributed by atoms with Crippen molar-refractivity contribution in [1.82, 2.24) is 44.2 Å². The first-order valence-corrected chi connectivity index (χ1v) is 22.6. The minimum absolute atomic E-state index is 0.0761. The zero-order chi connectivity index (χ0) is 48.9. The number of hydrogen-bond donors (Lipinski definition) is 2. The van der Waals surface area contributed by atoms with E-state index in [4.69, 9.17) is 16.6 Å². The van der Waals surface area contributed by atoms with Crippen LogP contribution >= 0.6 is 11.6 Å². The molecule has 14 nitrogen and oxygen atoms in total. The molecule has 26 heteroatoms. The first-order valence-electron chi connectivity index (χ1n) is 20.3. The summed E-state index contributed by atoms with van der Waals surface area (Å²) in [5.74, 6) is -13.4. The number of carbonyl (C=O) groups excluding carboxylic acids is 1. The summed E-state index contributed by atoms with van der Waals surface area (Å²) in [6, 6.07) is 8.21. The molecule has 1 fully saturated rings. The van der Waals surface area contributed by atoms with Crippen LogP contribution in [0, 0.1) is 17.6 Å². The number of rotatable bonds is 15. The lowest BCUT2D eigenvalue weighted by Gasteiger charge is -2.24. The molecule has 9 rings (SSSR count). The number of hydrogen-bond acceptors (Lipinski definition) is 8. The molecule has 3 aromatic carbocycles. The molecule has 2 aliphatic rings. The Morgan fingerprint density at radius 1 is 0.985 bits per heavy atom. The van der Waals surface area contributed by atoms with Gasteiger partial charge in [0.15, 0.2) is 5.82 Å². The minimum atomic E-state index is -4.17. The van der Waals surface area contributed by atoms with E-state index in [1.165, 1.54) is 36.5 Å². The third-order valence-corrected chi connectivity index (χ3v) is 12.3. The molecular weight excluding hydrogens is 966 g/mol. The van der Waals surface area contributed by atoms with Crippen molar-refractivity contribution in [2.24, 2.45) is 5.92 Å². The number of halogens is 11. The molecule has 1 amide bonds. The number of sulfonamides is 1. The number of fused-ring (bicyclic) bond motifs is 5. The predicted molar refractivity (Wildman–Crippen MR) is 225 cm³/mol. The highest BCUT2D eigenvalue weighted by molar-refractivity contribution is 7.92. The second kappa shape index (κ2) is 16.6. The molecule has 0 spiro atoms. The molecule has 2 aliphatic carbocycles. The molecule has 68 heavy (non-hydrogen) atoms. The zero-order valence-electron chi connectivity index (χ0n) is 35.0. The smallest absolute Gasteiger partial charge is 0.293 e. The summed E-state index contributed by atoms with van der Waals surface area (Å²) in [6.45, 7) is -2.43. The van der Waals surface area contributed by atoms with Gasteiger partial charge in [-0.25, -0.2) is 48.5 Å². The summed E-state index contributed by atoms with van der Waals surface area (Å²) in [6.07, 6.45) is -5.14. The summed E-state index contributed by atoms with van der Waals surface area (Å²) in [4.78, 5) is 34.0. The van der Waals surface area contributed by atoms with Gasteiger partial charge >= 0.3 is 0 Å². The fraction of sp³-hybridized carbons (Fsp3) is 0.333. The van der Waals surface area contributed by atoms with Crippen molar-refractivity contribution in [3.8, 4) is 16.9 Å². The van der Waals surface area contributed by atoms with Crippen molar-refractivity contribution >= 4 is 55.2 Å². The fourth-order valence-electron chi connectivity index (χ4n) is 8.79. The van der Waals surface area contributed by atoms with Gasteiger partial charge in [-0.1, -0.05) is 17.7 Å². The predicted octanol–water partition coefficient (Wildman–Crippen LogP) is 8.27. The summed E-state index contributed by atoms with van der Waals surface area (Å²) < 4.78 is 175. The first kappa shape index (κ1) is 46.6. The molecule has 2 N–H and O–H groups in total. The van der Waals surface area contributed by atoms with Gasteiger partial charge in [-0.3, -0.25) is 32.9 Å². The molecule has 4 heterocycles. The Bertz CT molecular complexity index is 3350. The van der Waals surface area contributed by atoms with Crippen LogP contribution in [0.15, 0.2) is 65.6 Å². The molecular formula is C42H33ClF10N10O4S. The van der Waals surface area contributed by atoms with Crippen LogP contribution in [0.3, 0.4) is 0 Å². The van der Waals surface area contributed by atoms with Gasteiger partial charge in [0.25, 0.3) is 30.3 Å². The van der Waals surface area contributed by atoms with Gasteiger partial charge in [0.05, 0.1) is 50.5 Å². The lowest BCUT2D eigenvalue weighted by Crippen LogP contribution is -2.38. The largest absolute Gasteiger partial charge is 0.344 e. The van der Waals surface area contributed by atoms with Crippen LogP contribution in [0.4, 0.5) is 49.7 Å². The Hall–Kier alpha value is -6.50. The number of nitrogens with one attached hydrogen (secondary N) is 2. The molecule has 3 atom stereocenters. The van der Waals surface area contributed by atoms with E-state index >= 15 is 13.6 Å². The lowest BCUT2D eigenvalue weighted by atomic mass is 10.0. The van der Waals surface area contributed by atoms with Gasteiger partial charge in [-0.15, -0.1) is 0 Å². The summed E-state index contributed by atoms with van der Waals surface area (Å²) in [5, 5.41) is 13.7. The van der Waals surface area contributed by atoms with E-state index in [-0.39, 0.29) is 61.3 Å². The molecule has 0 radical (unpaired) electrons. The first-order chi connectivity index (χ1) is 31.9. The molecule has 0 unspecified atom stereocenters. The highest BCUT2D eigenvalue weighted by Crippen LogP contribution is 2.68. The Labute approximate surface area is 381 Å². The zero-order valence-corrected chi connectivity index (χ0v) is 36.5. The molecule has 0 aliphatic heterocycles. The molecule has 7 aromatic rings. The highest BCUT2D eigenvalue weighted by atomic mass is 35.5. The van der Waals surface area contributed by atoms with E-state index in [9.17, 15) is 48.3 Å². The van der Waals surface area contributed by atoms with E-state index in [1.807, 2.05) is 0 Å². The van der Waals surface area contributed by atoms with Crippen LogP contribution in [-0.2, 0) is 46.8 Å². The second-order valence-electron chi connectivity index (χ2n) is 16.7. The van der Waals surface area contributed by atoms with Gasteiger partial charge in [-0.05, 0) is 60.4 Å². The Kier molecular flexibility index (Phi) is 11.4. The third-order valence-electron chi connectivity index (χ3n) is 11.4. The molecule has 1 saturated carbocycles. The minimum Gasteiger partial charge on any atom is -0.344 e. The van der Waals surface area contributed by atoms with Crippen LogP contribution in [0.25, 0.3) is 38.8 Å². The number of amides is 1. The van der Waals surface area contributed by atoms with Crippen LogP contribution in [-0.4, -0.2) is 71.8 Å². The molecule has 4 aromatic heterocycles. The maximum Gasteiger partial charge on any atom is 0.293 e. The maximum absolute atomic E-state index is 15.6.